The predicted molar refractivity (Wildman–Crippen MR) is 140 cm³/mol. The van der Waals surface area contributed by atoms with Crippen LogP contribution in [0.25, 0.3) is 0 Å². The van der Waals surface area contributed by atoms with Crippen LogP contribution in [-0.2, 0) is 27.9 Å². The van der Waals surface area contributed by atoms with Crippen LogP contribution in [-0.4, -0.2) is 55.0 Å². The lowest BCUT2D eigenvalue weighted by Gasteiger charge is -2.32. The maximum atomic E-state index is 6.40. The molecule has 0 saturated carbocycles. The molecule has 0 spiro atoms. The second-order valence-corrected chi connectivity index (χ2v) is 13.1. The van der Waals surface area contributed by atoms with Crippen molar-refractivity contribution in [2.24, 2.45) is 0 Å². The predicted octanol–water partition coefficient (Wildman–Crippen LogP) is 5.60. The zero-order chi connectivity index (χ0) is 26.0. The second-order valence-electron chi connectivity index (χ2n) is 13.1. The van der Waals surface area contributed by atoms with E-state index in [4.69, 9.17) is 27.9 Å². The minimum Gasteiger partial charge on any atom is -0.403 e. The molecule has 0 unspecified atom stereocenters. The summed E-state index contributed by atoms with van der Waals surface area (Å²) in [6.07, 6.45) is 5.00. The van der Waals surface area contributed by atoms with Crippen molar-refractivity contribution < 1.29 is 27.9 Å². The van der Waals surface area contributed by atoms with Crippen LogP contribution in [0, 0.1) is 0 Å². The maximum Gasteiger partial charge on any atom is 0.487 e. The normalized spacial score (nSPS) is 29.1. The molecule has 0 N–H and O–H groups in total. The van der Waals surface area contributed by atoms with Gasteiger partial charge in [-0.2, -0.15) is 0 Å². The Balaban J connectivity index is 1.76. The molecular formula is C25H45B3O6. The van der Waals surface area contributed by atoms with Gasteiger partial charge >= 0.3 is 21.4 Å². The summed E-state index contributed by atoms with van der Waals surface area (Å²) in [6, 6.07) is 0. The average Bonchev–Trinajstić information content (AvgIpc) is 3.05. The van der Waals surface area contributed by atoms with Gasteiger partial charge in [0.25, 0.3) is 0 Å². The number of allylic oxidation sites excluding steroid dienone is 3. The van der Waals surface area contributed by atoms with Crippen molar-refractivity contribution in [2.75, 3.05) is 0 Å². The molecule has 9 heteroatoms. The van der Waals surface area contributed by atoms with E-state index in [9.17, 15) is 0 Å². The topological polar surface area (TPSA) is 55.4 Å². The largest absolute Gasteiger partial charge is 0.487 e. The van der Waals surface area contributed by atoms with Crippen LogP contribution in [0.4, 0.5) is 0 Å². The zero-order valence-corrected chi connectivity index (χ0v) is 23.7. The molecule has 3 saturated heterocycles. The Bertz CT molecular complexity index is 747. The fraction of sp³-hybridized carbons (Fsp3) is 0.840. The van der Waals surface area contributed by atoms with Crippen LogP contribution >= 0.6 is 0 Å². The van der Waals surface area contributed by atoms with E-state index >= 15 is 0 Å². The van der Waals surface area contributed by atoms with Gasteiger partial charge in [0.1, 0.15) is 0 Å². The van der Waals surface area contributed by atoms with Crippen molar-refractivity contribution >= 4 is 21.4 Å². The van der Waals surface area contributed by atoms with E-state index in [1.807, 2.05) is 0 Å². The van der Waals surface area contributed by atoms with Crippen LogP contribution in [0.1, 0.15) is 96.4 Å². The van der Waals surface area contributed by atoms with Crippen molar-refractivity contribution in [1.82, 2.24) is 0 Å². The molecule has 0 aliphatic carbocycles. The lowest BCUT2D eigenvalue weighted by atomic mass is 9.51. The quantitative estimate of drug-likeness (QED) is 0.369. The van der Waals surface area contributed by atoms with Crippen molar-refractivity contribution in [2.45, 2.75) is 136 Å². The molecule has 0 radical (unpaired) electrons. The molecule has 0 atom stereocenters. The monoisotopic (exact) mass is 474 g/mol. The van der Waals surface area contributed by atoms with E-state index in [2.05, 4.69) is 108 Å². The molecule has 3 heterocycles. The lowest BCUT2D eigenvalue weighted by Crippen LogP contribution is -2.41. The van der Waals surface area contributed by atoms with Crippen molar-refractivity contribution in [3.8, 4) is 0 Å². The van der Waals surface area contributed by atoms with Gasteiger partial charge in [0, 0.05) is 5.72 Å². The van der Waals surface area contributed by atoms with Gasteiger partial charge in [0.05, 0.1) is 33.6 Å². The summed E-state index contributed by atoms with van der Waals surface area (Å²) >= 11 is 0. The average molecular weight is 474 g/mol. The van der Waals surface area contributed by atoms with Gasteiger partial charge in [-0.25, -0.2) is 0 Å². The van der Waals surface area contributed by atoms with Gasteiger partial charge in [-0.3, -0.25) is 0 Å². The van der Waals surface area contributed by atoms with Crippen LogP contribution < -0.4 is 0 Å². The first-order valence-corrected chi connectivity index (χ1v) is 12.6. The van der Waals surface area contributed by atoms with Gasteiger partial charge in [0.15, 0.2) is 0 Å². The molecule has 6 nitrogen and oxygen atoms in total. The van der Waals surface area contributed by atoms with E-state index in [0.29, 0.717) is 0 Å². The fourth-order valence-corrected chi connectivity index (χ4v) is 4.07. The molecular weight excluding hydrogens is 429 g/mol. The smallest absolute Gasteiger partial charge is 0.403 e. The highest BCUT2D eigenvalue weighted by molar-refractivity contribution is 6.69. The molecule has 3 rings (SSSR count). The van der Waals surface area contributed by atoms with Crippen molar-refractivity contribution in [3.05, 3.63) is 23.7 Å². The first-order chi connectivity index (χ1) is 15.2. The molecule has 0 amide bonds. The molecule has 34 heavy (non-hydrogen) atoms. The van der Waals surface area contributed by atoms with Gasteiger partial charge < -0.3 is 27.9 Å². The van der Waals surface area contributed by atoms with Gasteiger partial charge in [-0.15, -0.1) is 0 Å². The lowest BCUT2D eigenvalue weighted by molar-refractivity contribution is 0.00578. The Hall–Kier alpha value is -0.565. The number of hydrogen-bond donors (Lipinski definition) is 0. The van der Waals surface area contributed by atoms with E-state index in [1.165, 1.54) is 0 Å². The van der Waals surface area contributed by atoms with Gasteiger partial charge in [-0.05, 0) is 96.4 Å². The molecule has 0 aromatic carbocycles. The van der Waals surface area contributed by atoms with Crippen molar-refractivity contribution in [3.63, 3.8) is 0 Å². The third-order valence-electron chi connectivity index (χ3n) is 8.66. The highest BCUT2D eigenvalue weighted by Gasteiger charge is 2.61. The molecule has 3 fully saturated rings. The van der Waals surface area contributed by atoms with Gasteiger partial charge in [0.2, 0.25) is 0 Å². The summed E-state index contributed by atoms with van der Waals surface area (Å²) < 4.78 is 37.8. The first kappa shape index (κ1) is 28.0. The standard InChI is InChI=1S/C25H45B3O6/c1-18(17-26-29-20(2,3)21(4,5)30-26)15-14-16-19(27-31-22(6,7)23(8,9)32-27)28-33-24(10,11)25(12,13)34-28/h14,16-17,19H,15H2,1-13H3/b16-14+,18-17-. The van der Waals surface area contributed by atoms with Gasteiger partial charge in [-0.1, -0.05) is 23.7 Å². The van der Waals surface area contributed by atoms with Crippen LogP contribution in [0.5, 0.6) is 0 Å². The highest BCUT2D eigenvalue weighted by atomic mass is 16.7. The molecule has 3 aliphatic rings. The first-order valence-electron chi connectivity index (χ1n) is 12.6. The summed E-state index contributed by atoms with van der Waals surface area (Å²) in [4.78, 5) is 0. The second kappa shape index (κ2) is 8.78. The third kappa shape index (κ3) is 5.26. The summed E-state index contributed by atoms with van der Waals surface area (Å²) in [5.41, 5.74) is -1.46. The summed E-state index contributed by atoms with van der Waals surface area (Å²) in [7, 11) is -1.29. The Morgan fingerprint density at radius 2 is 0.912 bits per heavy atom. The van der Waals surface area contributed by atoms with Crippen LogP contribution in [0.15, 0.2) is 23.7 Å². The van der Waals surface area contributed by atoms with Crippen molar-refractivity contribution in [1.29, 1.82) is 0 Å². The number of rotatable bonds is 6. The van der Waals surface area contributed by atoms with E-state index in [-0.39, 0.29) is 24.0 Å². The number of hydrogen-bond acceptors (Lipinski definition) is 6. The zero-order valence-electron chi connectivity index (χ0n) is 23.7. The molecule has 0 aromatic rings. The Morgan fingerprint density at radius 1 is 0.588 bits per heavy atom. The fourth-order valence-electron chi connectivity index (χ4n) is 4.07. The molecule has 0 bridgehead atoms. The minimum atomic E-state index is -0.469. The van der Waals surface area contributed by atoms with E-state index in [1.54, 1.807) is 0 Å². The molecule has 190 valence electrons. The SMILES string of the molecule is C/C(=C/B1OC(C)(C)C(C)(C)O1)C/C=C/C(B1OC(C)(C)C(C)(C)O1)B1OC(C)(C)C(C)(C)O1. The minimum absolute atomic E-state index is 0.216. The summed E-state index contributed by atoms with van der Waals surface area (Å²) in [5, 5.41) is 0. The van der Waals surface area contributed by atoms with Crippen LogP contribution in [0.2, 0.25) is 5.72 Å². The summed E-state index contributed by atoms with van der Waals surface area (Å²) in [6.45, 7) is 26.9. The van der Waals surface area contributed by atoms with Crippen LogP contribution in [0.3, 0.4) is 0 Å². The molecule has 0 aromatic heterocycles. The maximum absolute atomic E-state index is 6.40. The third-order valence-corrected chi connectivity index (χ3v) is 8.66. The Kier molecular flexibility index (Phi) is 7.23. The Labute approximate surface area is 208 Å². The van der Waals surface area contributed by atoms with E-state index < -0.39 is 36.6 Å². The molecule has 3 aliphatic heterocycles. The highest BCUT2D eigenvalue weighted by Crippen LogP contribution is 2.46. The summed E-state index contributed by atoms with van der Waals surface area (Å²) in [5.74, 6) is 2.05. The van der Waals surface area contributed by atoms with E-state index in [0.717, 1.165) is 12.0 Å². The Morgan fingerprint density at radius 3 is 1.26 bits per heavy atom.